The summed E-state index contributed by atoms with van der Waals surface area (Å²) in [6.07, 6.45) is 0.480. The molecule has 0 spiro atoms. The molecule has 0 saturated carbocycles. The topological polar surface area (TPSA) is 50.4 Å². The number of nitrogens with one attached hydrogen (secondary N) is 2. The molecule has 0 aliphatic heterocycles. The number of hydrogen-bond acceptors (Lipinski definition) is 3. The Balaban J connectivity index is 2.12. The van der Waals surface area contributed by atoms with Crippen molar-refractivity contribution in [2.24, 2.45) is 0 Å². The van der Waals surface area contributed by atoms with E-state index in [-0.39, 0.29) is 5.91 Å². The van der Waals surface area contributed by atoms with E-state index in [2.05, 4.69) is 32.6 Å². The zero-order chi connectivity index (χ0) is 13.2. The highest BCUT2D eigenvalue weighted by Gasteiger charge is 2.01. The SMILES string of the molecule is COCCNC(=O)CCNCc1ccccc1Br. The fraction of sp³-hybridized carbons (Fsp3) is 0.462. The van der Waals surface area contributed by atoms with E-state index in [1.807, 2.05) is 18.2 Å². The fourth-order valence-corrected chi connectivity index (χ4v) is 1.87. The summed E-state index contributed by atoms with van der Waals surface area (Å²) in [6.45, 7) is 2.54. The molecule has 18 heavy (non-hydrogen) atoms. The summed E-state index contributed by atoms with van der Waals surface area (Å²) >= 11 is 3.49. The summed E-state index contributed by atoms with van der Waals surface area (Å²) in [6, 6.07) is 8.04. The van der Waals surface area contributed by atoms with Gasteiger partial charge < -0.3 is 15.4 Å². The largest absolute Gasteiger partial charge is 0.383 e. The molecule has 1 aromatic rings. The minimum atomic E-state index is 0.0478. The van der Waals surface area contributed by atoms with E-state index >= 15 is 0 Å². The maximum absolute atomic E-state index is 11.4. The number of rotatable bonds is 8. The molecule has 0 bridgehead atoms. The second kappa shape index (κ2) is 9.08. The Morgan fingerprint density at radius 3 is 2.83 bits per heavy atom. The Bertz CT molecular complexity index is 372. The average Bonchev–Trinajstić information content (AvgIpc) is 2.37. The van der Waals surface area contributed by atoms with Crippen molar-refractivity contribution in [3.05, 3.63) is 34.3 Å². The van der Waals surface area contributed by atoms with Gasteiger partial charge in [0.25, 0.3) is 0 Å². The predicted octanol–water partition coefficient (Wildman–Crippen LogP) is 1.69. The van der Waals surface area contributed by atoms with Crippen LogP contribution in [0.2, 0.25) is 0 Å². The number of benzene rings is 1. The molecule has 1 rings (SSSR count). The van der Waals surface area contributed by atoms with Crippen molar-refractivity contribution in [3.8, 4) is 0 Å². The zero-order valence-corrected chi connectivity index (χ0v) is 12.1. The molecule has 1 amide bonds. The van der Waals surface area contributed by atoms with Crippen molar-refractivity contribution < 1.29 is 9.53 Å². The van der Waals surface area contributed by atoms with Crippen LogP contribution in [-0.4, -0.2) is 32.7 Å². The molecule has 0 heterocycles. The molecule has 5 heteroatoms. The Hall–Kier alpha value is -0.910. The van der Waals surface area contributed by atoms with Gasteiger partial charge in [0.15, 0.2) is 0 Å². The van der Waals surface area contributed by atoms with Crippen molar-refractivity contribution in [1.29, 1.82) is 0 Å². The number of ether oxygens (including phenoxy) is 1. The molecule has 0 aliphatic carbocycles. The summed E-state index contributed by atoms with van der Waals surface area (Å²) in [5.74, 6) is 0.0478. The van der Waals surface area contributed by atoms with Gasteiger partial charge in [0, 0.05) is 37.6 Å². The first-order valence-electron chi connectivity index (χ1n) is 5.94. The van der Waals surface area contributed by atoms with E-state index in [1.165, 1.54) is 5.56 Å². The van der Waals surface area contributed by atoms with Crippen LogP contribution in [0.5, 0.6) is 0 Å². The van der Waals surface area contributed by atoms with Crippen LogP contribution in [-0.2, 0) is 16.1 Å². The van der Waals surface area contributed by atoms with Gasteiger partial charge >= 0.3 is 0 Å². The molecule has 1 aromatic carbocycles. The lowest BCUT2D eigenvalue weighted by atomic mass is 10.2. The van der Waals surface area contributed by atoms with Gasteiger partial charge in [-0.15, -0.1) is 0 Å². The first-order valence-corrected chi connectivity index (χ1v) is 6.73. The van der Waals surface area contributed by atoms with E-state index in [1.54, 1.807) is 7.11 Å². The molecule has 0 saturated heterocycles. The Morgan fingerprint density at radius 2 is 2.11 bits per heavy atom. The van der Waals surface area contributed by atoms with Gasteiger partial charge in [-0.1, -0.05) is 34.1 Å². The third-order valence-electron chi connectivity index (χ3n) is 2.43. The van der Waals surface area contributed by atoms with Gasteiger partial charge in [0.05, 0.1) is 6.61 Å². The smallest absolute Gasteiger partial charge is 0.221 e. The monoisotopic (exact) mass is 314 g/mol. The van der Waals surface area contributed by atoms with E-state index < -0.39 is 0 Å². The molecule has 0 unspecified atom stereocenters. The standard InChI is InChI=1S/C13H19BrN2O2/c1-18-9-8-16-13(17)6-7-15-10-11-4-2-3-5-12(11)14/h2-5,15H,6-10H2,1H3,(H,16,17). The van der Waals surface area contributed by atoms with Crippen LogP contribution >= 0.6 is 15.9 Å². The van der Waals surface area contributed by atoms with Gasteiger partial charge in [0.2, 0.25) is 5.91 Å². The maximum atomic E-state index is 11.4. The lowest BCUT2D eigenvalue weighted by Crippen LogP contribution is -2.29. The number of methoxy groups -OCH3 is 1. The first kappa shape index (κ1) is 15.1. The summed E-state index contributed by atoms with van der Waals surface area (Å²) in [4.78, 5) is 11.4. The summed E-state index contributed by atoms with van der Waals surface area (Å²) in [5, 5.41) is 6.02. The van der Waals surface area contributed by atoms with Crippen molar-refractivity contribution in [2.45, 2.75) is 13.0 Å². The molecule has 0 aliphatic rings. The normalized spacial score (nSPS) is 10.3. The van der Waals surface area contributed by atoms with Gasteiger partial charge in [-0.2, -0.15) is 0 Å². The number of carbonyl (C=O) groups is 1. The molecule has 0 fully saturated rings. The Labute approximate surface area is 116 Å². The molecular formula is C13H19BrN2O2. The molecule has 0 atom stereocenters. The molecular weight excluding hydrogens is 296 g/mol. The van der Waals surface area contributed by atoms with E-state index in [4.69, 9.17) is 4.74 Å². The van der Waals surface area contributed by atoms with Gasteiger partial charge in [-0.05, 0) is 11.6 Å². The van der Waals surface area contributed by atoms with Crippen LogP contribution in [0.25, 0.3) is 0 Å². The summed E-state index contributed by atoms with van der Waals surface area (Å²) < 4.78 is 5.94. The lowest BCUT2D eigenvalue weighted by Gasteiger charge is -2.07. The summed E-state index contributed by atoms with van der Waals surface area (Å²) in [7, 11) is 1.62. The molecule has 100 valence electrons. The number of halogens is 1. The highest BCUT2D eigenvalue weighted by atomic mass is 79.9. The van der Waals surface area contributed by atoms with E-state index in [0.29, 0.717) is 26.1 Å². The van der Waals surface area contributed by atoms with Crippen molar-refractivity contribution in [1.82, 2.24) is 10.6 Å². The molecule has 2 N–H and O–H groups in total. The number of hydrogen-bond donors (Lipinski definition) is 2. The Morgan fingerprint density at radius 1 is 1.33 bits per heavy atom. The molecule has 0 aromatic heterocycles. The van der Waals surface area contributed by atoms with Crippen molar-refractivity contribution in [2.75, 3.05) is 26.8 Å². The van der Waals surface area contributed by atoms with Crippen LogP contribution in [0.4, 0.5) is 0 Å². The maximum Gasteiger partial charge on any atom is 0.221 e. The molecule has 4 nitrogen and oxygen atoms in total. The zero-order valence-electron chi connectivity index (χ0n) is 10.5. The van der Waals surface area contributed by atoms with Gasteiger partial charge in [-0.25, -0.2) is 0 Å². The minimum absolute atomic E-state index is 0.0478. The van der Waals surface area contributed by atoms with Crippen LogP contribution in [0, 0.1) is 0 Å². The second-order valence-electron chi connectivity index (χ2n) is 3.86. The van der Waals surface area contributed by atoms with Gasteiger partial charge in [-0.3, -0.25) is 4.79 Å². The van der Waals surface area contributed by atoms with Crippen LogP contribution in [0.3, 0.4) is 0 Å². The second-order valence-corrected chi connectivity index (χ2v) is 4.72. The fourth-order valence-electron chi connectivity index (χ4n) is 1.45. The van der Waals surface area contributed by atoms with E-state index in [0.717, 1.165) is 11.0 Å². The first-order chi connectivity index (χ1) is 8.74. The van der Waals surface area contributed by atoms with Crippen LogP contribution < -0.4 is 10.6 Å². The minimum Gasteiger partial charge on any atom is -0.383 e. The van der Waals surface area contributed by atoms with Crippen molar-refractivity contribution in [3.63, 3.8) is 0 Å². The van der Waals surface area contributed by atoms with Crippen molar-refractivity contribution >= 4 is 21.8 Å². The van der Waals surface area contributed by atoms with Gasteiger partial charge in [0.1, 0.15) is 0 Å². The Kier molecular flexibility index (Phi) is 7.64. The quantitative estimate of drug-likeness (QED) is 0.718. The van der Waals surface area contributed by atoms with E-state index in [9.17, 15) is 4.79 Å². The lowest BCUT2D eigenvalue weighted by molar-refractivity contribution is -0.121. The summed E-state index contributed by atoms with van der Waals surface area (Å²) in [5.41, 5.74) is 1.19. The average molecular weight is 315 g/mol. The number of carbonyl (C=O) groups excluding carboxylic acids is 1. The third kappa shape index (κ3) is 6.14. The highest BCUT2D eigenvalue weighted by molar-refractivity contribution is 9.10. The predicted molar refractivity (Wildman–Crippen MR) is 75.4 cm³/mol. The highest BCUT2D eigenvalue weighted by Crippen LogP contribution is 2.15. The third-order valence-corrected chi connectivity index (χ3v) is 3.20. The molecule has 0 radical (unpaired) electrons. The van der Waals surface area contributed by atoms with Crippen LogP contribution in [0.15, 0.2) is 28.7 Å². The van der Waals surface area contributed by atoms with Crippen LogP contribution in [0.1, 0.15) is 12.0 Å². The number of amides is 1.